The van der Waals surface area contributed by atoms with Crippen LogP contribution in [0.5, 0.6) is 0 Å². The summed E-state index contributed by atoms with van der Waals surface area (Å²) in [5.41, 5.74) is -0.0899. The molecule has 0 bridgehead atoms. The molecule has 0 atom stereocenters. The molecule has 0 spiro atoms. The van der Waals surface area contributed by atoms with Crippen LogP contribution in [0.15, 0.2) is 28.9 Å². The summed E-state index contributed by atoms with van der Waals surface area (Å²) in [6.45, 7) is 2.27. The summed E-state index contributed by atoms with van der Waals surface area (Å²) in [6.07, 6.45) is 1.45. The Kier molecular flexibility index (Phi) is 3.56. The number of aromatic nitrogens is 2. The fourth-order valence-corrected chi connectivity index (χ4v) is 2.11. The van der Waals surface area contributed by atoms with E-state index in [0.717, 1.165) is 6.07 Å². The van der Waals surface area contributed by atoms with Crippen molar-refractivity contribution in [1.29, 1.82) is 0 Å². The van der Waals surface area contributed by atoms with E-state index in [-0.39, 0.29) is 11.3 Å². The van der Waals surface area contributed by atoms with Gasteiger partial charge in [0.2, 0.25) is 5.78 Å². The minimum atomic E-state index is -1.14. The highest BCUT2D eigenvalue weighted by Gasteiger charge is 2.22. The van der Waals surface area contributed by atoms with E-state index in [0.29, 0.717) is 11.0 Å². The molecule has 94 valence electrons. The molecule has 0 saturated carbocycles. The van der Waals surface area contributed by atoms with Crippen LogP contribution in [0.4, 0.5) is 8.78 Å². The molecule has 0 aliphatic carbocycles. The normalized spacial score (nSPS) is 10.7. The van der Waals surface area contributed by atoms with Gasteiger partial charge >= 0.3 is 0 Å². The molecule has 0 unspecified atom stereocenters. The lowest BCUT2D eigenvalue weighted by Gasteiger charge is -2.06. The topological polar surface area (TPSA) is 34.9 Å². The van der Waals surface area contributed by atoms with Crippen LogP contribution in [-0.2, 0) is 6.54 Å². The van der Waals surface area contributed by atoms with Gasteiger partial charge in [-0.05, 0) is 35.0 Å². The number of benzene rings is 1. The van der Waals surface area contributed by atoms with Gasteiger partial charge in [0.15, 0.2) is 11.6 Å². The van der Waals surface area contributed by atoms with Crippen LogP contribution in [0.2, 0.25) is 0 Å². The van der Waals surface area contributed by atoms with Gasteiger partial charge in [-0.3, -0.25) is 9.48 Å². The second-order valence-electron chi connectivity index (χ2n) is 3.59. The van der Waals surface area contributed by atoms with Gasteiger partial charge in [0.25, 0.3) is 0 Å². The summed E-state index contributed by atoms with van der Waals surface area (Å²) >= 11 is 3.18. The summed E-state index contributed by atoms with van der Waals surface area (Å²) in [5, 5.41) is 3.97. The predicted molar refractivity (Wildman–Crippen MR) is 65.4 cm³/mol. The van der Waals surface area contributed by atoms with Gasteiger partial charge in [-0.2, -0.15) is 5.10 Å². The lowest BCUT2D eigenvalue weighted by Crippen LogP contribution is -2.13. The predicted octanol–water partition coefficient (Wildman–Crippen LogP) is 3.17. The third-order valence-corrected chi connectivity index (χ3v) is 3.09. The smallest absolute Gasteiger partial charge is 0.215 e. The van der Waals surface area contributed by atoms with Crippen LogP contribution in [-0.4, -0.2) is 15.6 Å². The number of hydrogen-bond acceptors (Lipinski definition) is 2. The highest BCUT2D eigenvalue weighted by atomic mass is 79.9. The van der Waals surface area contributed by atoms with Crippen molar-refractivity contribution in [2.75, 3.05) is 0 Å². The second kappa shape index (κ2) is 4.97. The summed E-state index contributed by atoms with van der Waals surface area (Å²) in [6, 6.07) is 3.52. The Hall–Kier alpha value is -1.56. The van der Waals surface area contributed by atoms with Crippen LogP contribution in [0.25, 0.3) is 0 Å². The third kappa shape index (κ3) is 2.08. The molecule has 1 aromatic carbocycles. The fraction of sp³-hybridized carbons (Fsp3) is 0.167. The minimum Gasteiger partial charge on any atom is -0.287 e. The highest BCUT2D eigenvalue weighted by Crippen LogP contribution is 2.22. The zero-order valence-electron chi connectivity index (χ0n) is 9.45. The van der Waals surface area contributed by atoms with E-state index in [4.69, 9.17) is 0 Å². The molecule has 0 N–H and O–H groups in total. The Bertz CT molecular complexity index is 610. The van der Waals surface area contributed by atoms with Crippen LogP contribution >= 0.6 is 15.9 Å². The zero-order chi connectivity index (χ0) is 13.3. The largest absolute Gasteiger partial charge is 0.287 e. The molecule has 3 nitrogen and oxygen atoms in total. The van der Waals surface area contributed by atoms with Crippen molar-refractivity contribution in [3.8, 4) is 0 Å². The zero-order valence-corrected chi connectivity index (χ0v) is 11.0. The van der Waals surface area contributed by atoms with Crippen molar-refractivity contribution >= 4 is 21.7 Å². The Labute approximate surface area is 111 Å². The SMILES string of the molecule is CCn1ncc(Br)c1C(=O)c1cccc(F)c1F. The number of nitrogens with zero attached hydrogens (tertiary/aromatic N) is 2. The quantitative estimate of drug-likeness (QED) is 0.816. The molecule has 0 fully saturated rings. The molecule has 0 aliphatic rings. The number of ketones is 1. The number of carbonyl (C=O) groups excluding carboxylic acids is 1. The van der Waals surface area contributed by atoms with E-state index in [1.165, 1.54) is 23.0 Å². The molecule has 2 aromatic rings. The first-order chi connectivity index (χ1) is 8.56. The molecule has 0 amide bonds. The van der Waals surface area contributed by atoms with Crippen molar-refractivity contribution in [3.63, 3.8) is 0 Å². The van der Waals surface area contributed by atoms with Crippen molar-refractivity contribution in [1.82, 2.24) is 9.78 Å². The third-order valence-electron chi connectivity index (χ3n) is 2.51. The first kappa shape index (κ1) is 12.9. The molecular weight excluding hydrogens is 306 g/mol. The standard InChI is InChI=1S/C12H9BrF2N2O/c1-2-17-11(8(13)6-16-17)12(18)7-4-3-5-9(14)10(7)15/h3-6H,2H2,1H3. The van der Waals surface area contributed by atoms with Gasteiger partial charge < -0.3 is 0 Å². The Morgan fingerprint density at radius 3 is 2.83 bits per heavy atom. The summed E-state index contributed by atoms with van der Waals surface area (Å²) in [5.74, 6) is -2.78. The monoisotopic (exact) mass is 314 g/mol. The second-order valence-corrected chi connectivity index (χ2v) is 4.44. The maximum atomic E-state index is 13.6. The average Bonchev–Trinajstić information content (AvgIpc) is 2.73. The van der Waals surface area contributed by atoms with E-state index < -0.39 is 17.4 Å². The van der Waals surface area contributed by atoms with E-state index in [2.05, 4.69) is 21.0 Å². The van der Waals surface area contributed by atoms with Gasteiger partial charge in [-0.25, -0.2) is 8.78 Å². The van der Waals surface area contributed by atoms with E-state index in [9.17, 15) is 13.6 Å². The van der Waals surface area contributed by atoms with Gasteiger partial charge in [-0.15, -0.1) is 0 Å². The molecule has 18 heavy (non-hydrogen) atoms. The van der Waals surface area contributed by atoms with Crippen LogP contribution in [0.1, 0.15) is 23.0 Å². The maximum Gasteiger partial charge on any atom is 0.215 e. The number of rotatable bonds is 3. The molecular formula is C12H9BrF2N2O. The molecule has 6 heteroatoms. The summed E-state index contributed by atoms with van der Waals surface area (Å²) in [7, 11) is 0. The van der Waals surface area contributed by atoms with E-state index >= 15 is 0 Å². The van der Waals surface area contributed by atoms with Gasteiger partial charge in [0.1, 0.15) is 5.69 Å². The van der Waals surface area contributed by atoms with Crippen molar-refractivity contribution in [2.45, 2.75) is 13.5 Å². The molecule has 0 aliphatic heterocycles. The van der Waals surface area contributed by atoms with Gasteiger partial charge in [-0.1, -0.05) is 6.07 Å². The molecule has 1 aromatic heterocycles. The van der Waals surface area contributed by atoms with Crippen molar-refractivity contribution in [3.05, 3.63) is 51.8 Å². The van der Waals surface area contributed by atoms with Gasteiger partial charge in [0, 0.05) is 6.54 Å². The van der Waals surface area contributed by atoms with Crippen LogP contribution in [0.3, 0.4) is 0 Å². The Balaban J connectivity index is 2.55. The minimum absolute atomic E-state index is 0.210. The Morgan fingerprint density at radius 2 is 2.17 bits per heavy atom. The van der Waals surface area contributed by atoms with Crippen molar-refractivity contribution < 1.29 is 13.6 Å². The summed E-state index contributed by atoms with van der Waals surface area (Å²) < 4.78 is 28.6. The number of hydrogen-bond donors (Lipinski definition) is 0. The fourth-order valence-electron chi connectivity index (χ4n) is 1.63. The molecule has 0 saturated heterocycles. The lowest BCUT2D eigenvalue weighted by atomic mass is 10.1. The van der Waals surface area contributed by atoms with Crippen LogP contribution < -0.4 is 0 Å². The van der Waals surface area contributed by atoms with E-state index in [1.54, 1.807) is 6.92 Å². The number of halogens is 3. The first-order valence-electron chi connectivity index (χ1n) is 5.26. The summed E-state index contributed by atoms with van der Waals surface area (Å²) in [4.78, 5) is 12.2. The number of carbonyl (C=O) groups is 1. The highest BCUT2D eigenvalue weighted by molar-refractivity contribution is 9.10. The first-order valence-corrected chi connectivity index (χ1v) is 6.05. The maximum absolute atomic E-state index is 13.6. The van der Waals surface area contributed by atoms with Crippen LogP contribution in [0, 0.1) is 11.6 Å². The average molecular weight is 315 g/mol. The Morgan fingerprint density at radius 1 is 1.44 bits per heavy atom. The van der Waals surface area contributed by atoms with E-state index in [1.807, 2.05) is 0 Å². The molecule has 2 rings (SSSR count). The molecule has 1 heterocycles. The lowest BCUT2D eigenvalue weighted by molar-refractivity contribution is 0.102. The van der Waals surface area contributed by atoms with Gasteiger partial charge in [0.05, 0.1) is 16.2 Å². The van der Waals surface area contributed by atoms with Crippen molar-refractivity contribution in [2.24, 2.45) is 0 Å². The molecule has 0 radical (unpaired) electrons. The number of aryl methyl sites for hydroxylation is 1.